The largest absolute Gasteiger partial charge is 0.247 e. The zero-order valence-electron chi connectivity index (χ0n) is 9.57. The molecule has 0 saturated carbocycles. The van der Waals surface area contributed by atoms with Gasteiger partial charge in [0, 0.05) is 11.8 Å². The van der Waals surface area contributed by atoms with Crippen LogP contribution in [0.4, 0.5) is 0 Å². The molecular weight excluding hydrogens is 274 g/mol. The van der Waals surface area contributed by atoms with Crippen molar-refractivity contribution in [1.82, 2.24) is 4.98 Å². The second-order valence-electron chi connectivity index (χ2n) is 3.63. The highest BCUT2D eigenvalue weighted by atomic mass is 79.9. The Morgan fingerprint density at radius 1 is 1.12 bits per heavy atom. The van der Waals surface area contributed by atoms with Gasteiger partial charge in [0.1, 0.15) is 5.69 Å². The van der Waals surface area contributed by atoms with E-state index in [-0.39, 0.29) is 0 Å². The molecule has 1 nitrogen and oxygen atoms in total. The number of hydrogen-bond donors (Lipinski definition) is 0. The lowest BCUT2D eigenvalue weighted by Crippen LogP contribution is -1.83. The van der Waals surface area contributed by atoms with Gasteiger partial charge in [0.25, 0.3) is 0 Å². The highest BCUT2D eigenvalue weighted by molar-refractivity contribution is 9.10. The number of aryl methyl sites for hydroxylation is 1. The summed E-state index contributed by atoms with van der Waals surface area (Å²) in [4.78, 5) is 4.21. The van der Waals surface area contributed by atoms with Gasteiger partial charge in [-0.25, -0.2) is 4.98 Å². The van der Waals surface area contributed by atoms with E-state index in [0.29, 0.717) is 0 Å². The standard InChI is InChI=1S/C15H12BrN/c1-2-12-5-7-13(8-6-12)9-10-15-14(16)4-3-11-17-15/h3-8,11H,2H2,1H3. The maximum absolute atomic E-state index is 4.21. The summed E-state index contributed by atoms with van der Waals surface area (Å²) in [5.41, 5.74) is 3.11. The van der Waals surface area contributed by atoms with E-state index in [1.807, 2.05) is 24.3 Å². The molecule has 0 N–H and O–H groups in total. The van der Waals surface area contributed by atoms with Crippen molar-refractivity contribution in [3.05, 3.63) is 63.9 Å². The van der Waals surface area contributed by atoms with Gasteiger partial charge in [-0.3, -0.25) is 0 Å². The van der Waals surface area contributed by atoms with Crippen molar-refractivity contribution >= 4 is 15.9 Å². The molecule has 0 aliphatic carbocycles. The molecule has 0 unspecified atom stereocenters. The average Bonchev–Trinajstić information content (AvgIpc) is 2.38. The van der Waals surface area contributed by atoms with Crippen LogP contribution in [0.3, 0.4) is 0 Å². The molecule has 0 saturated heterocycles. The second-order valence-corrected chi connectivity index (χ2v) is 4.49. The van der Waals surface area contributed by atoms with Gasteiger partial charge in [-0.15, -0.1) is 0 Å². The molecule has 0 spiro atoms. The van der Waals surface area contributed by atoms with Crippen LogP contribution in [-0.2, 0) is 6.42 Å². The summed E-state index contributed by atoms with van der Waals surface area (Å²) < 4.78 is 0.928. The van der Waals surface area contributed by atoms with E-state index in [4.69, 9.17) is 0 Å². The Kier molecular flexibility index (Phi) is 3.95. The third kappa shape index (κ3) is 3.18. The summed E-state index contributed by atoms with van der Waals surface area (Å²) >= 11 is 3.43. The smallest absolute Gasteiger partial charge is 0.127 e. The summed E-state index contributed by atoms with van der Waals surface area (Å²) in [5, 5.41) is 0. The molecular formula is C15H12BrN. The fraction of sp³-hybridized carbons (Fsp3) is 0.133. The number of hydrogen-bond acceptors (Lipinski definition) is 1. The van der Waals surface area contributed by atoms with Crippen LogP contribution in [0.1, 0.15) is 23.7 Å². The van der Waals surface area contributed by atoms with Crippen LogP contribution in [0, 0.1) is 11.8 Å². The van der Waals surface area contributed by atoms with Gasteiger partial charge in [-0.05, 0) is 58.1 Å². The highest BCUT2D eigenvalue weighted by Gasteiger charge is 1.94. The van der Waals surface area contributed by atoms with Gasteiger partial charge in [0.05, 0.1) is 4.47 Å². The van der Waals surface area contributed by atoms with Crippen LogP contribution >= 0.6 is 15.9 Å². The average molecular weight is 286 g/mol. The first kappa shape index (κ1) is 11.9. The lowest BCUT2D eigenvalue weighted by atomic mass is 10.1. The molecule has 1 aromatic heterocycles. The first-order valence-electron chi connectivity index (χ1n) is 5.51. The molecule has 1 heterocycles. The lowest BCUT2D eigenvalue weighted by molar-refractivity contribution is 1.14. The predicted octanol–water partition coefficient (Wildman–Crippen LogP) is 3.81. The minimum absolute atomic E-state index is 0.770. The lowest BCUT2D eigenvalue weighted by Gasteiger charge is -1.95. The van der Waals surface area contributed by atoms with Gasteiger partial charge in [-0.2, -0.15) is 0 Å². The monoisotopic (exact) mass is 285 g/mol. The van der Waals surface area contributed by atoms with Crippen molar-refractivity contribution < 1.29 is 0 Å². The summed E-state index contributed by atoms with van der Waals surface area (Å²) in [5.74, 6) is 6.17. The summed E-state index contributed by atoms with van der Waals surface area (Å²) in [6.07, 6.45) is 2.80. The van der Waals surface area contributed by atoms with E-state index in [0.717, 1.165) is 22.2 Å². The van der Waals surface area contributed by atoms with Gasteiger partial charge in [0.15, 0.2) is 0 Å². The third-order valence-electron chi connectivity index (χ3n) is 2.45. The number of halogens is 1. The SMILES string of the molecule is CCc1ccc(C#Cc2ncccc2Br)cc1. The van der Waals surface area contributed by atoms with Crippen LogP contribution in [-0.4, -0.2) is 4.98 Å². The first-order chi connectivity index (χ1) is 8.29. The molecule has 0 amide bonds. The van der Waals surface area contributed by atoms with E-state index in [2.05, 4.69) is 51.8 Å². The summed E-state index contributed by atoms with van der Waals surface area (Å²) in [7, 11) is 0. The third-order valence-corrected chi connectivity index (χ3v) is 3.09. The summed E-state index contributed by atoms with van der Waals surface area (Å²) in [6, 6.07) is 12.1. The molecule has 84 valence electrons. The fourth-order valence-electron chi connectivity index (χ4n) is 1.43. The van der Waals surface area contributed by atoms with Crippen molar-refractivity contribution in [2.24, 2.45) is 0 Å². The Bertz CT molecular complexity index is 561. The minimum atomic E-state index is 0.770. The molecule has 0 radical (unpaired) electrons. The van der Waals surface area contributed by atoms with Crippen molar-refractivity contribution in [2.75, 3.05) is 0 Å². The van der Waals surface area contributed by atoms with E-state index < -0.39 is 0 Å². The summed E-state index contributed by atoms with van der Waals surface area (Å²) in [6.45, 7) is 2.14. The van der Waals surface area contributed by atoms with Gasteiger partial charge in [0.2, 0.25) is 0 Å². The molecule has 2 heteroatoms. The molecule has 2 aromatic rings. The van der Waals surface area contributed by atoms with Gasteiger partial charge in [-0.1, -0.05) is 25.0 Å². The van der Waals surface area contributed by atoms with Crippen molar-refractivity contribution in [3.8, 4) is 11.8 Å². The normalized spacial score (nSPS) is 9.53. The Morgan fingerprint density at radius 2 is 1.88 bits per heavy atom. The van der Waals surface area contributed by atoms with Gasteiger partial charge >= 0.3 is 0 Å². The maximum Gasteiger partial charge on any atom is 0.127 e. The van der Waals surface area contributed by atoms with Crippen LogP contribution in [0.2, 0.25) is 0 Å². The fourth-order valence-corrected chi connectivity index (χ4v) is 1.79. The first-order valence-corrected chi connectivity index (χ1v) is 6.30. The number of pyridine rings is 1. The number of nitrogens with zero attached hydrogens (tertiary/aromatic N) is 1. The van der Waals surface area contributed by atoms with Gasteiger partial charge < -0.3 is 0 Å². The molecule has 0 fully saturated rings. The van der Waals surface area contributed by atoms with Crippen molar-refractivity contribution in [2.45, 2.75) is 13.3 Å². The van der Waals surface area contributed by atoms with Crippen LogP contribution in [0.5, 0.6) is 0 Å². The van der Waals surface area contributed by atoms with E-state index in [1.54, 1.807) is 6.20 Å². The van der Waals surface area contributed by atoms with E-state index in [9.17, 15) is 0 Å². The Hall–Kier alpha value is -1.59. The molecule has 1 aromatic carbocycles. The maximum atomic E-state index is 4.21. The zero-order chi connectivity index (χ0) is 12.1. The molecule has 0 atom stereocenters. The molecule has 2 rings (SSSR count). The van der Waals surface area contributed by atoms with Crippen LogP contribution in [0.15, 0.2) is 47.1 Å². The molecule has 0 aliphatic rings. The second kappa shape index (κ2) is 5.65. The molecule has 17 heavy (non-hydrogen) atoms. The quantitative estimate of drug-likeness (QED) is 0.726. The van der Waals surface area contributed by atoms with Crippen molar-refractivity contribution in [1.29, 1.82) is 0 Å². The zero-order valence-corrected chi connectivity index (χ0v) is 11.2. The van der Waals surface area contributed by atoms with Crippen LogP contribution in [0.25, 0.3) is 0 Å². The van der Waals surface area contributed by atoms with E-state index >= 15 is 0 Å². The number of benzene rings is 1. The van der Waals surface area contributed by atoms with Crippen molar-refractivity contribution in [3.63, 3.8) is 0 Å². The number of aromatic nitrogens is 1. The Balaban J connectivity index is 2.24. The molecule has 0 aliphatic heterocycles. The Morgan fingerprint density at radius 3 is 2.53 bits per heavy atom. The van der Waals surface area contributed by atoms with E-state index in [1.165, 1.54) is 5.56 Å². The predicted molar refractivity (Wildman–Crippen MR) is 73.7 cm³/mol. The van der Waals surface area contributed by atoms with Crippen LogP contribution < -0.4 is 0 Å². The number of rotatable bonds is 1. The highest BCUT2D eigenvalue weighted by Crippen LogP contribution is 2.12. The Labute approximate surface area is 110 Å². The topological polar surface area (TPSA) is 12.9 Å². The molecule has 0 bridgehead atoms. The minimum Gasteiger partial charge on any atom is -0.247 e.